The number of carboxylic acid groups (broad SMARTS) is 1. The van der Waals surface area contributed by atoms with Crippen molar-refractivity contribution in [1.82, 2.24) is 0 Å². The molecular weight excluding hydrogens is 203 g/mol. The molecule has 0 aliphatic carbocycles. The number of nitrogens with zero attached hydrogens (tertiary/aromatic N) is 1. The summed E-state index contributed by atoms with van der Waals surface area (Å²) in [7, 11) is 0. The molecule has 14 heavy (non-hydrogen) atoms. The number of dihydropyridines is 1. The highest BCUT2D eigenvalue weighted by Crippen LogP contribution is 2.32. The normalized spacial score (nSPS) is 22.1. The molecular formula is C7H4F3NO3. The Morgan fingerprint density at radius 2 is 2.07 bits per heavy atom. The molecule has 76 valence electrons. The summed E-state index contributed by atoms with van der Waals surface area (Å²) >= 11 is 0. The standard InChI is InChI=1S/C7H4F3NO3/c8-7(9,10)4-1-5(12)11-2-3(4)6(13)14/h1-3H,(H,13,14). The molecule has 4 nitrogen and oxygen atoms in total. The van der Waals surface area contributed by atoms with Crippen molar-refractivity contribution >= 4 is 18.1 Å². The Hall–Kier alpha value is -1.66. The van der Waals surface area contributed by atoms with Gasteiger partial charge < -0.3 is 5.11 Å². The van der Waals surface area contributed by atoms with Gasteiger partial charge >= 0.3 is 12.1 Å². The van der Waals surface area contributed by atoms with E-state index in [4.69, 9.17) is 5.11 Å². The molecule has 0 fully saturated rings. The van der Waals surface area contributed by atoms with Crippen molar-refractivity contribution in [2.45, 2.75) is 6.18 Å². The molecule has 0 bridgehead atoms. The highest BCUT2D eigenvalue weighted by atomic mass is 19.4. The maximum atomic E-state index is 12.2. The predicted octanol–water partition coefficient (Wildman–Crippen LogP) is 0.787. The first-order valence-corrected chi connectivity index (χ1v) is 3.42. The molecule has 0 saturated carbocycles. The topological polar surface area (TPSA) is 66.7 Å². The van der Waals surface area contributed by atoms with Crippen LogP contribution in [-0.2, 0) is 9.59 Å². The largest absolute Gasteiger partial charge is 0.481 e. The summed E-state index contributed by atoms with van der Waals surface area (Å²) in [5.74, 6) is -4.69. The van der Waals surface area contributed by atoms with Crippen molar-refractivity contribution in [3.05, 3.63) is 11.6 Å². The Morgan fingerprint density at radius 1 is 1.50 bits per heavy atom. The third kappa shape index (κ3) is 1.98. The first-order chi connectivity index (χ1) is 6.32. The lowest BCUT2D eigenvalue weighted by molar-refractivity contribution is -0.143. The lowest BCUT2D eigenvalue weighted by Crippen LogP contribution is -2.30. The van der Waals surface area contributed by atoms with Gasteiger partial charge in [-0.05, 0) is 0 Å². The van der Waals surface area contributed by atoms with Crippen LogP contribution in [0.5, 0.6) is 0 Å². The number of hydrogen-bond acceptors (Lipinski definition) is 2. The molecule has 1 amide bonds. The summed E-state index contributed by atoms with van der Waals surface area (Å²) in [5.41, 5.74) is -1.40. The van der Waals surface area contributed by atoms with E-state index >= 15 is 0 Å². The van der Waals surface area contributed by atoms with E-state index in [0.29, 0.717) is 6.21 Å². The zero-order valence-electron chi connectivity index (χ0n) is 6.58. The van der Waals surface area contributed by atoms with Crippen molar-refractivity contribution in [3.8, 4) is 0 Å². The van der Waals surface area contributed by atoms with E-state index in [1.54, 1.807) is 0 Å². The van der Waals surface area contributed by atoms with Gasteiger partial charge in [-0.1, -0.05) is 0 Å². The van der Waals surface area contributed by atoms with Crippen molar-refractivity contribution in [2.75, 3.05) is 0 Å². The second-order valence-electron chi connectivity index (χ2n) is 2.53. The maximum absolute atomic E-state index is 12.2. The van der Waals surface area contributed by atoms with Crippen molar-refractivity contribution < 1.29 is 27.9 Å². The summed E-state index contributed by atoms with van der Waals surface area (Å²) < 4.78 is 36.5. The maximum Gasteiger partial charge on any atom is 0.414 e. The van der Waals surface area contributed by atoms with E-state index in [1.807, 2.05) is 0 Å². The molecule has 1 atom stereocenters. The first-order valence-electron chi connectivity index (χ1n) is 3.42. The molecule has 7 heteroatoms. The molecule has 1 N–H and O–H groups in total. The van der Waals surface area contributed by atoms with Gasteiger partial charge in [-0.25, -0.2) is 4.99 Å². The first kappa shape index (κ1) is 10.4. The van der Waals surface area contributed by atoms with Crippen LogP contribution >= 0.6 is 0 Å². The van der Waals surface area contributed by atoms with Crippen molar-refractivity contribution in [1.29, 1.82) is 0 Å². The molecule has 1 aliphatic rings. The number of amides is 1. The molecule has 0 radical (unpaired) electrons. The van der Waals surface area contributed by atoms with Gasteiger partial charge in [-0.3, -0.25) is 9.59 Å². The van der Waals surface area contributed by atoms with Crippen LogP contribution in [-0.4, -0.2) is 29.4 Å². The van der Waals surface area contributed by atoms with Gasteiger partial charge in [-0.2, -0.15) is 13.2 Å². The highest BCUT2D eigenvalue weighted by molar-refractivity contribution is 6.05. The van der Waals surface area contributed by atoms with Gasteiger partial charge in [0, 0.05) is 12.3 Å². The fourth-order valence-corrected chi connectivity index (χ4v) is 0.943. The Balaban J connectivity index is 3.10. The van der Waals surface area contributed by atoms with Gasteiger partial charge in [0.15, 0.2) is 0 Å². The van der Waals surface area contributed by atoms with E-state index < -0.39 is 29.5 Å². The second kappa shape index (κ2) is 3.24. The van der Waals surface area contributed by atoms with Crippen LogP contribution in [0, 0.1) is 5.92 Å². The van der Waals surface area contributed by atoms with Gasteiger partial charge in [-0.15, -0.1) is 0 Å². The average molecular weight is 207 g/mol. The zero-order valence-corrected chi connectivity index (χ0v) is 6.58. The quantitative estimate of drug-likeness (QED) is 0.691. The number of aliphatic imine (C=N–C) groups is 1. The van der Waals surface area contributed by atoms with Crippen LogP contribution < -0.4 is 0 Å². The van der Waals surface area contributed by atoms with Gasteiger partial charge in [0.2, 0.25) is 0 Å². The predicted molar refractivity (Wildman–Crippen MR) is 38.8 cm³/mol. The van der Waals surface area contributed by atoms with Crippen LogP contribution in [0.15, 0.2) is 16.6 Å². The number of rotatable bonds is 1. The molecule has 0 aromatic rings. The summed E-state index contributed by atoms with van der Waals surface area (Å²) in [4.78, 5) is 23.9. The van der Waals surface area contributed by atoms with E-state index in [9.17, 15) is 22.8 Å². The smallest absolute Gasteiger partial charge is 0.414 e. The Labute approximate surface area is 75.7 Å². The summed E-state index contributed by atoms with van der Waals surface area (Å²) in [6.07, 6.45) is -4.16. The molecule has 0 aromatic heterocycles. The van der Waals surface area contributed by atoms with Crippen molar-refractivity contribution in [3.63, 3.8) is 0 Å². The van der Waals surface area contributed by atoms with Gasteiger partial charge in [0.1, 0.15) is 5.92 Å². The molecule has 0 spiro atoms. The fourth-order valence-electron chi connectivity index (χ4n) is 0.943. The SMILES string of the molecule is O=C1C=C(C(F)(F)F)C(C(=O)O)C=N1. The van der Waals surface area contributed by atoms with E-state index in [0.717, 1.165) is 0 Å². The lowest BCUT2D eigenvalue weighted by Gasteiger charge is -2.17. The average Bonchev–Trinajstić information content (AvgIpc) is 2.01. The number of hydrogen-bond donors (Lipinski definition) is 1. The third-order valence-electron chi connectivity index (χ3n) is 1.56. The monoisotopic (exact) mass is 207 g/mol. The summed E-state index contributed by atoms with van der Waals surface area (Å²) in [5, 5.41) is 8.41. The number of carboxylic acids is 1. The molecule has 0 saturated heterocycles. The fraction of sp³-hybridized carbons (Fsp3) is 0.286. The van der Waals surface area contributed by atoms with Crippen LogP contribution in [0.3, 0.4) is 0 Å². The Bertz CT molecular complexity index is 343. The molecule has 1 rings (SSSR count). The third-order valence-corrected chi connectivity index (χ3v) is 1.56. The minimum absolute atomic E-state index is 0.193. The van der Waals surface area contributed by atoms with Gasteiger partial charge in [0.25, 0.3) is 5.91 Å². The minimum Gasteiger partial charge on any atom is -0.481 e. The number of halogens is 3. The molecule has 1 unspecified atom stereocenters. The van der Waals surface area contributed by atoms with E-state index in [2.05, 4.69) is 4.99 Å². The van der Waals surface area contributed by atoms with Crippen LogP contribution in [0.2, 0.25) is 0 Å². The van der Waals surface area contributed by atoms with Crippen LogP contribution in [0.1, 0.15) is 0 Å². The number of aliphatic carboxylic acids is 1. The van der Waals surface area contributed by atoms with E-state index in [-0.39, 0.29) is 6.08 Å². The summed E-state index contributed by atoms with van der Waals surface area (Å²) in [6.45, 7) is 0. The van der Waals surface area contributed by atoms with Gasteiger partial charge in [0.05, 0.1) is 5.57 Å². The molecule has 1 aliphatic heterocycles. The minimum atomic E-state index is -4.83. The molecule has 1 heterocycles. The Morgan fingerprint density at radius 3 is 2.50 bits per heavy atom. The zero-order chi connectivity index (χ0) is 10.9. The van der Waals surface area contributed by atoms with Crippen LogP contribution in [0.4, 0.5) is 13.2 Å². The lowest BCUT2D eigenvalue weighted by atomic mass is 9.97. The van der Waals surface area contributed by atoms with Crippen LogP contribution in [0.25, 0.3) is 0 Å². The number of carbonyl (C=O) groups is 2. The summed E-state index contributed by atoms with van der Waals surface area (Å²) in [6, 6.07) is 0. The van der Waals surface area contributed by atoms with E-state index in [1.165, 1.54) is 0 Å². The Kier molecular flexibility index (Phi) is 2.41. The highest BCUT2D eigenvalue weighted by Gasteiger charge is 2.43. The number of alkyl halides is 3. The molecule has 0 aromatic carbocycles. The number of carbonyl (C=O) groups excluding carboxylic acids is 1. The van der Waals surface area contributed by atoms with Crippen molar-refractivity contribution in [2.24, 2.45) is 10.9 Å². The second-order valence-corrected chi connectivity index (χ2v) is 2.53.